The molecule has 0 unspecified atom stereocenters. The third-order valence-electron chi connectivity index (χ3n) is 2.29. The van der Waals surface area contributed by atoms with Crippen LogP contribution in [0.2, 0.25) is 0 Å². The number of carbonyl (C=O) groups excluding carboxylic acids is 1. The van der Waals surface area contributed by atoms with Crippen molar-refractivity contribution >= 4 is 5.91 Å². The molecule has 0 bridgehead atoms. The van der Waals surface area contributed by atoms with Crippen molar-refractivity contribution in [2.24, 2.45) is 0 Å². The molecule has 76 valence electrons. The zero-order valence-corrected chi connectivity index (χ0v) is 8.55. The highest BCUT2D eigenvalue weighted by atomic mass is 16.2. The van der Waals surface area contributed by atoms with Crippen LogP contribution in [0.25, 0.3) is 0 Å². The number of nitrogens with zero attached hydrogens (tertiary/aromatic N) is 2. The lowest BCUT2D eigenvalue weighted by atomic mass is 10.1. The van der Waals surface area contributed by atoms with Gasteiger partial charge in [0, 0.05) is 12.4 Å². The molecule has 3 heteroatoms. The first-order valence-electron chi connectivity index (χ1n) is 4.84. The summed E-state index contributed by atoms with van der Waals surface area (Å²) in [5.41, 5.74) is 1.02. The van der Waals surface area contributed by atoms with E-state index in [0.29, 0.717) is 6.42 Å². The van der Waals surface area contributed by atoms with Crippen molar-refractivity contribution in [1.29, 1.82) is 0 Å². The van der Waals surface area contributed by atoms with Crippen molar-refractivity contribution < 1.29 is 4.79 Å². The molecule has 0 amide bonds. The summed E-state index contributed by atoms with van der Waals surface area (Å²) in [5, 5.41) is 0. The molecule has 0 saturated heterocycles. The summed E-state index contributed by atoms with van der Waals surface area (Å²) in [4.78, 5) is 15.8. The van der Waals surface area contributed by atoms with Crippen LogP contribution < -0.4 is 0 Å². The zero-order valence-electron chi connectivity index (χ0n) is 8.55. The Bertz CT molecular complexity index is 459. The van der Waals surface area contributed by atoms with E-state index in [9.17, 15) is 4.79 Å². The predicted octanol–water partition coefficient (Wildman–Crippen LogP) is 2.07. The van der Waals surface area contributed by atoms with E-state index in [1.165, 1.54) is 0 Å². The molecule has 0 fully saturated rings. The average Bonchev–Trinajstić information content (AvgIpc) is 2.66. The van der Waals surface area contributed by atoms with E-state index in [1.807, 2.05) is 37.3 Å². The second-order valence-corrected chi connectivity index (χ2v) is 3.40. The largest absolute Gasteiger partial charge is 0.274 e. The van der Waals surface area contributed by atoms with Crippen molar-refractivity contribution in [1.82, 2.24) is 9.55 Å². The zero-order chi connectivity index (χ0) is 10.7. The van der Waals surface area contributed by atoms with Gasteiger partial charge >= 0.3 is 0 Å². The van der Waals surface area contributed by atoms with Gasteiger partial charge in [-0.1, -0.05) is 30.3 Å². The second kappa shape index (κ2) is 4.09. The van der Waals surface area contributed by atoms with Gasteiger partial charge in [-0.05, 0) is 12.5 Å². The molecule has 0 radical (unpaired) electrons. The van der Waals surface area contributed by atoms with E-state index in [4.69, 9.17) is 0 Å². The number of hydrogen-bond donors (Lipinski definition) is 0. The maximum absolute atomic E-state index is 11.8. The molecular weight excluding hydrogens is 188 g/mol. The van der Waals surface area contributed by atoms with E-state index >= 15 is 0 Å². The van der Waals surface area contributed by atoms with Crippen LogP contribution >= 0.6 is 0 Å². The lowest BCUT2D eigenvalue weighted by Gasteiger charge is -2.03. The third-order valence-corrected chi connectivity index (χ3v) is 2.29. The highest BCUT2D eigenvalue weighted by molar-refractivity contribution is 5.81. The van der Waals surface area contributed by atoms with Gasteiger partial charge in [-0.3, -0.25) is 9.36 Å². The van der Waals surface area contributed by atoms with Gasteiger partial charge in [0.25, 0.3) is 0 Å². The Hall–Kier alpha value is -1.90. The van der Waals surface area contributed by atoms with E-state index in [0.717, 1.165) is 11.4 Å². The molecule has 3 nitrogen and oxygen atoms in total. The molecule has 0 atom stereocenters. The van der Waals surface area contributed by atoms with Crippen molar-refractivity contribution in [3.05, 3.63) is 54.1 Å². The number of carbonyl (C=O) groups is 1. The number of benzene rings is 1. The highest BCUT2D eigenvalue weighted by Gasteiger charge is 2.07. The Morgan fingerprint density at radius 2 is 2.07 bits per heavy atom. The van der Waals surface area contributed by atoms with Crippen LogP contribution in [-0.4, -0.2) is 15.5 Å². The second-order valence-electron chi connectivity index (χ2n) is 3.40. The fourth-order valence-corrected chi connectivity index (χ4v) is 1.50. The summed E-state index contributed by atoms with van der Waals surface area (Å²) < 4.78 is 1.58. The van der Waals surface area contributed by atoms with E-state index in [2.05, 4.69) is 4.98 Å². The van der Waals surface area contributed by atoms with Crippen LogP contribution in [0.4, 0.5) is 0 Å². The fraction of sp³-hybridized carbons (Fsp3) is 0.167. The standard InChI is InChI=1S/C12H12N2O/c1-10-13-7-8-14(10)12(15)9-11-5-3-2-4-6-11/h2-8H,9H2,1H3. The van der Waals surface area contributed by atoms with Crippen LogP contribution in [-0.2, 0) is 6.42 Å². The molecule has 2 aromatic rings. The molecular formula is C12H12N2O. The first kappa shape index (κ1) is 9.65. The molecule has 15 heavy (non-hydrogen) atoms. The highest BCUT2D eigenvalue weighted by Crippen LogP contribution is 2.03. The average molecular weight is 200 g/mol. The lowest BCUT2D eigenvalue weighted by Crippen LogP contribution is -2.13. The molecule has 0 aliphatic rings. The molecule has 0 spiro atoms. The smallest absolute Gasteiger partial charge is 0.236 e. The summed E-state index contributed by atoms with van der Waals surface area (Å²) in [6.07, 6.45) is 3.75. The van der Waals surface area contributed by atoms with Gasteiger partial charge in [-0.25, -0.2) is 4.98 Å². The maximum atomic E-state index is 11.8. The topological polar surface area (TPSA) is 34.9 Å². The van der Waals surface area contributed by atoms with Gasteiger partial charge in [-0.15, -0.1) is 0 Å². The van der Waals surface area contributed by atoms with Gasteiger partial charge in [0.2, 0.25) is 5.91 Å². The molecule has 0 aliphatic heterocycles. The Kier molecular flexibility index (Phi) is 2.63. The molecule has 0 N–H and O–H groups in total. The Morgan fingerprint density at radius 3 is 2.67 bits per heavy atom. The third kappa shape index (κ3) is 2.13. The molecule has 1 heterocycles. The number of rotatable bonds is 2. The summed E-state index contributed by atoms with van der Waals surface area (Å²) in [6.45, 7) is 1.82. The SMILES string of the molecule is Cc1nccn1C(=O)Cc1ccccc1. The first-order chi connectivity index (χ1) is 7.27. The van der Waals surface area contributed by atoms with Crippen molar-refractivity contribution in [3.8, 4) is 0 Å². The lowest BCUT2D eigenvalue weighted by molar-refractivity contribution is 0.0911. The molecule has 1 aromatic carbocycles. The van der Waals surface area contributed by atoms with Crippen LogP contribution in [0.3, 0.4) is 0 Å². The normalized spacial score (nSPS) is 10.2. The van der Waals surface area contributed by atoms with Gasteiger partial charge < -0.3 is 0 Å². The van der Waals surface area contributed by atoms with Crippen LogP contribution in [0, 0.1) is 6.92 Å². The van der Waals surface area contributed by atoms with Crippen molar-refractivity contribution in [3.63, 3.8) is 0 Å². The summed E-state index contributed by atoms with van der Waals surface area (Å²) in [7, 11) is 0. The first-order valence-corrected chi connectivity index (χ1v) is 4.84. The number of aromatic nitrogens is 2. The predicted molar refractivity (Wildman–Crippen MR) is 57.7 cm³/mol. The Balaban J connectivity index is 2.15. The van der Waals surface area contributed by atoms with Crippen LogP contribution in [0.1, 0.15) is 16.2 Å². The molecule has 2 rings (SSSR count). The minimum absolute atomic E-state index is 0.0520. The minimum atomic E-state index is 0.0520. The van der Waals surface area contributed by atoms with Crippen molar-refractivity contribution in [2.45, 2.75) is 13.3 Å². The van der Waals surface area contributed by atoms with Crippen LogP contribution in [0.15, 0.2) is 42.7 Å². The summed E-state index contributed by atoms with van der Waals surface area (Å²) in [6, 6.07) is 9.71. The maximum Gasteiger partial charge on any atom is 0.236 e. The molecule has 0 saturated carbocycles. The van der Waals surface area contributed by atoms with Gasteiger partial charge in [-0.2, -0.15) is 0 Å². The van der Waals surface area contributed by atoms with Crippen molar-refractivity contribution in [2.75, 3.05) is 0 Å². The fourth-order valence-electron chi connectivity index (χ4n) is 1.50. The number of aryl methyl sites for hydroxylation is 1. The number of hydrogen-bond acceptors (Lipinski definition) is 2. The Morgan fingerprint density at radius 1 is 1.33 bits per heavy atom. The molecule has 1 aromatic heterocycles. The van der Waals surface area contributed by atoms with Gasteiger partial charge in [0.15, 0.2) is 0 Å². The minimum Gasteiger partial charge on any atom is -0.274 e. The summed E-state index contributed by atoms with van der Waals surface area (Å²) >= 11 is 0. The van der Waals surface area contributed by atoms with Crippen LogP contribution in [0.5, 0.6) is 0 Å². The molecule has 0 aliphatic carbocycles. The summed E-state index contributed by atoms with van der Waals surface area (Å²) in [5.74, 6) is 0.784. The van der Waals surface area contributed by atoms with E-state index < -0.39 is 0 Å². The van der Waals surface area contributed by atoms with Gasteiger partial charge in [0.05, 0.1) is 6.42 Å². The monoisotopic (exact) mass is 200 g/mol. The van der Waals surface area contributed by atoms with E-state index in [1.54, 1.807) is 17.0 Å². The van der Waals surface area contributed by atoms with E-state index in [-0.39, 0.29) is 5.91 Å². The van der Waals surface area contributed by atoms with Gasteiger partial charge in [0.1, 0.15) is 5.82 Å². The number of imidazole rings is 1. The quantitative estimate of drug-likeness (QED) is 0.743. The Labute approximate surface area is 88.4 Å².